The van der Waals surface area contributed by atoms with Crippen molar-refractivity contribution in [2.24, 2.45) is 0 Å². The summed E-state index contributed by atoms with van der Waals surface area (Å²) in [6.45, 7) is 4.79. The van der Waals surface area contributed by atoms with Crippen molar-refractivity contribution in [2.75, 3.05) is 32.7 Å². The molecule has 4 nitrogen and oxygen atoms in total. The van der Waals surface area contributed by atoms with Crippen LogP contribution >= 0.6 is 0 Å². The molecule has 4 heteroatoms. The summed E-state index contributed by atoms with van der Waals surface area (Å²) < 4.78 is 0. The number of nitrogens with zero attached hydrogens (tertiary/aromatic N) is 1. The highest BCUT2D eigenvalue weighted by Gasteiger charge is 2.19. The summed E-state index contributed by atoms with van der Waals surface area (Å²) in [5, 5.41) is 10.5. The molecule has 1 heterocycles. The maximum Gasteiger partial charge on any atom is 0.103 e. The summed E-state index contributed by atoms with van der Waals surface area (Å²) in [6, 6.07) is 10.4. The Hall–Kier alpha value is -1.39. The Morgan fingerprint density at radius 1 is 1.24 bits per heavy atom. The minimum absolute atomic E-state index is 0.0681. The van der Waals surface area contributed by atoms with Crippen LogP contribution in [0.15, 0.2) is 30.3 Å². The van der Waals surface area contributed by atoms with Crippen LogP contribution < -0.4 is 10.0 Å². The summed E-state index contributed by atoms with van der Waals surface area (Å²) in [5.74, 6) is -0.975. The highest BCUT2D eigenvalue weighted by Crippen LogP contribution is 1.96. The number of rotatable bonds is 4. The molecule has 2 rings (SSSR count). The molecule has 0 amide bonds. The number of aliphatic carboxylic acids is 1. The number of carbonyl (C=O) groups excluding carboxylic acids is 1. The zero-order valence-electron chi connectivity index (χ0n) is 9.89. The largest absolute Gasteiger partial charge is 0.549 e. The molecule has 0 unspecified atom stereocenters. The fourth-order valence-electron chi connectivity index (χ4n) is 2.27. The number of nitrogens with one attached hydrogen (secondary N) is 1. The van der Waals surface area contributed by atoms with Crippen molar-refractivity contribution in [1.29, 1.82) is 0 Å². The summed E-state index contributed by atoms with van der Waals surface area (Å²) >= 11 is 0. The molecule has 1 saturated heterocycles. The van der Waals surface area contributed by atoms with Gasteiger partial charge in [-0.2, -0.15) is 0 Å². The minimum Gasteiger partial charge on any atom is -0.549 e. The van der Waals surface area contributed by atoms with Gasteiger partial charge in [-0.25, -0.2) is 0 Å². The van der Waals surface area contributed by atoms with Crippen LogP contribution in [0.25, 0.3) is 0 Å². The maximum absolute atomic E-state index is 10.5. The number of carbonyl (C=O) groups is 1. The highest BCUT2D eigenvalue weighted by atomic mass is 16.4. The van der Waals surface area contributed by atoms with Gasteiger partial charge < -0.3 is 14.8 Å². The number of hydrogen-bond acceptors (Lipinski definition) is 3. The predicted octanol–water partition coefficient (Wildman–Crippen LogP) is -1.86. The first-order valence-corrected chi connectivity index (χ1v) is 6.04. The fourth-order valence-corrected chi connectivity index (χ4v) is 2.27. The van der Waals surface area contributed by atoms with E-state index < -0.39 is 5.97 Å². The van der Waals surface area contributed by atoms with Crippen LogP contribution in [-0.4, -0.2) is 43.6 Å². The van der Waals surface area contributed by atoms with Crippen LogP contribution in [0.4, 0.5) is 0 Å². The fraction of sp³-hybridized carbons (Fsp3) is 0.462. The van der Waals surface area contributed by atoms with Crippen molar-refractivity contribution in [3.05, 3.63) is 35.9 Å². The summed E-state index contributed by atoms with van der Waals surface area (Å²) in [6.07, 6.45) is 0. The molecule has 17 heavy (non-hydrogen) atoms. The Morgan fingerprint density at radius 3 is 2.47 bits per heavy atom. The number of carboxylic acids is 1. The molecule has 92 valence electrons. The molecule has 1 aromatic rings. The number of carboxylic acid groups (broad SMARTS) is 1. The molecule has 0 bridgehead atoms. The van der Waals surface area contributed by atoms with E-state index in [0.29, 0.717) is 0 Å². The molecule has 0 saturated carbocycles. The number of piperazine rings is 1. The number of benzene rings is 1. The first-order valence-electron chi connectivity index (χ1n) is 6.04. The quantitative estimate of drug-likeness (QED) is 0.664. The van der Waals surface area contributed by atoms with Gasteiger partial charge in [0.1, 0.15) is 6.54 Å². The Bertz CT molecular complexity index is 359. The maximum atomic E-state index is 10.5. The van der Waals surface area contributed by atoms with Gasteiger partial charge in [-0.15, -0.1) is 0 Å². The van der Waals surface area contributed by atoms with Crippen molar-refractivity contribution >= 4 is 5.97 Å². The second kappa shape index (κ2) is 5.80. The zero-order valence-corrected chi connectivity index (χ0v) is 9.89. The van der Waals surface area contributed by atoms with E-state index in [0.717, 1.165) is 32.7 Å². The zero-order chi connectivity index (χ0) is 12.1. The van der Waals surface area contributed by atoms with Crippen LogP contribution in [0.3, 0.4) is 0 Å². The molecule has 0 aliphatic carbocycles. The van der Waals surface area contributed by atoms with Gasteiger partial charge in [0.15, 0.2) is 0 Å². The normalized spacial score (nSPS) is 18.1. The SMILES string of the molecule is O=C([O-])CN1CC[NH+](Cc2ccccc2)CC1. The third-order valence-electron chi connectivity index (χ3n) is 3.21. The van der Waals surface area contributed by atoms with Gasteiger partial charge in [0.25, 0.3) is 0 Å². The first-order chi connectivity index (χ1) is 8.24. The van der Waals surface area contributed by atoms with Crippen molar-refractivity contribution in [3.8, 4) is 0 Å². The molecule has 0 spiro atoms. The van der Waals surface area contributed by atoms with E-state index in [2.05, 4.69) is 24.3 Å². The van der Waals surface area contributed by atoms with Gasteiger partial charge >= 0.3 is 0 Å². The van der Waals surface area contributed by atoms with Gasteiger partial charge in [-0.3, -0.25) is 4.90 Å². The summed E-state index contributed by atoms with van der Waals surface area (Å²) in [4.78, 5) is 13.9. The average Bonchev–Trinajstić information content (AvgIpc) is 2.32. The van der Waals surface area contributed by atoms with E-state index in [1.54, 1.807) is 0 Å². The molecule has 0 atom stereocenters. The third kappa shape index (κ3) is 3.84. The average molecular weight is 234 g/mol. The van der Waals surface area contributed by atoms with Crippen molar-refractivity contribution in [2.45, 2.75) is 6.54 Å². The van der Waals surface area contributed by atoms with Crippen LogP contribution in [-0.2, 0) is 11.3 Å². The van der Waals surface area contributed by atoms with Crippen LogP contribution in [0.5, 0.6) is 0 Å². The molecular formula is C13H18N2O2. The molecule has 1 N–H and O–H groups in total. The Balaban J connectivity index is 1.78. The number of quaternary nitrogens is 1. The highest BCUT2D eigenvalue weighted by molar-refractivity contribution is 5.66. The Kier molecular flexibility index (Phi) is 4.12. The lowest BCUT2D eigenvalue weighted by atomic mass is 10.2. The monoisotopic (exact) mass is 234 g/mol. The van der Waals surface area contributed by atoms with Gasteiger partial charge in [0.2, 0.25) is 0 Å². The van der Waals surface area contributed by atoms with E-state index in [9.17, 15) is 9.90 Å². The van der Waals surface area contributed by atoms with E-state index in [1.807, 2.05) is 11.0 Å². The topological polar surface area (TPSA) is 47.8 Å². The molecule has 1 fully saturated rings. The molecular weight excluding hydrogens is 216 g/mol. The minimum atomic E-state index is -0.975. The predicted molar refractivity (Wildman–Crippen MR) is 62.3 cm³/mol. The van der Waals surface area contributed by atoms with Crippen molar-refractivity contribution < 1.29 is 14.8 Å². The lowest BCUT2D eigenvalue weighted by Gasteiger charge is -2.32. The second-order valence-electron chi connectivity index (χ2n) is 4.56. The molecule has 1 aliphatic rings. The van der Waals surface area contributed by atoms with Gasteiger partial charge in [-0.05, 0) is 0 Å². The van der Waals surface area contributed by atoms with E-state index in [-0.39, 0.29) is 6.54 Å². The van der Waals surface area contributed by atoms with E-state index >= 15 is 0 Å². The molecule has 1 aliphatic heterocycles. The van der Waals surface area contributed by atoms with Crippen molar-refractivity contribution in [3.63, 3.8) is 0 Å². The third-order valence-corrected chi connectivity index (χ3v) is 3.21. The Labute approximate surface area is 101 Å². The van der Waals surface area contributed by atoms with Crippen LogP contribution in [0.1, 0.15) is 5.56 Å². The number of hydrogen-bond donors (Lipinski definition) is 1. The first kappa shape index (κ1) is 12.1. The smallest absolute Gasteiger partial charge is 0.103 e. The van der Waals surface area contributed by atoms with E-state index in [4.69, 9.17) is 0 Å². The van der Waals surface area contributed by atoms with Gasteiger partial charge in [-0.1, -0.05) is 30.3 Å². The standard InChI is InChI=1S/C13H18N2O2/c16-13(17)11-15-8-6-14(7-9-15)10-12-4-2-1-3-5-12/h1-5H,6-11H2,(H,16,17). The summed E-state index contributed by atoms with van der Waals surface area (Å²) in [7, 11) is 0. The van der Waals surface area contributed by atoms with E-state index in [1.165, 1.54) is 10.5 Å². The molecule has 1 aromatic carbocycles. The van der Waals surface area contributed by atoms with Gasteiger partial charge in [0.05, 0.1) is 19.1 Å². The molecule has 0 radical (unpaired) electrons. The van der Waals surface area contributed by atoms with Crippen LogP contribution in [0.2, 0.25) is 0 Å². The second-order valence-corrected chi connectivity index (χ2v) is 4.56. The van der Waals surface area contributed by atoms with Crippen molar-refractivity contribution in [1.82, 2.24) is 4.90 Å². The van der Waals surface area contributed by atoms with Gasteiger partial charge in [0, 0.05) is 25.2 Å². The van der Waals surface area contributed by atoms with Crippen LogP contribution in [0, 0.1) is 0 Å². The molecule has 0 aromatic heterocycles. The Morgan fingerprint density at radius 2 is 1.88 bits per heavy atom. The lowest BCUT2D eigenvalue weighted by Crippen LogP contribution is -3.13. The summed E-state index contributed by atoms with van der Waals surface area (Å²) in [5.41, 5.74) is 1.34. The lowest BCUT2D eigenvalue weighted by molar-refractivity contribution is -0.918.